The van der Waals surface area contributed by atoms with E-state index < -0.39 is 42.1 Å². The van der Waals surface area contributed by atoms with Crippen molar-refractivity contribution >= 4 is 0 Å². The van der Waals surface area contributed by atoms with Crippen LogP contribution < -0.4 is 9.47 Å². The number of aromatic nitrogens is 1. The van der Waals surface area contributed by atoms with Crippen LogP contribution >= 0.6 is 0 Å². The Morgan fingerprint density at radius 2 is 1.74 bits per heavy atom. The third kappa shape index (κ3) is 3.86. The smallest absolute Gasteiger partial charge is 0.480 e. The number of rotatable bonds is 3. The number of ether oxygens (including phenoxy) is 2. The lowest BCUT2D eigenvalue weighted by molar-refractivity contribution is -0.276. The van der Waals surface area contributed by atoms with Gasteiger partial charge in [-0.15, -0.1) is 13.2 Å². The first-order chi connectivity index (χ1) is 8.58. The normalized spacial score (nSPS) is 12.4. The summed E-state index contributed by atoms with van der Waals surface area (Å²) in [5, 5.41) is 0. The predicted octanol–water partition coefficient (Wildman–Crippen LogP) is 3.48. The van der Waals surface area contributed by atoms with Gasteiger partial charge < -0.3 is 9.47 Å². The highest BCUT2D eigenvalue weighted by molar-refractivity contribution is 5.40. The van der Waals surface area contributed by atoms with Crippen LogP contribution in [0.1, 0.15) is 11.1 Å². The Bertz CT molecular complexity index is 430. The van der Waals surface area contributed by atoms with Crippen LogP contribution in [0.4, 0.5) is 30.7 Å². The molecule has 0 fully saturated rings. The van der Waals surface area contributed by atoms with E-state index in [-0.39, 0.29) is 6.07 Å². The minimum absolute atomic E-state index is 0.221. The molecule has 0 aliphatic carbocycles. The van der Waals surface area contributed by atoms with Gasteiger partial charge in [0.1, 0.15) is 12.2 Å². The van der Waals surface area contributed by atoms with Crippen molar-refractivity contribution in [2.45, 2.75) is 19.2 Å². The van der Waals surface area contributed by atoms with Crippen molar-refractivity contribution in [3.8, 4) is 11.8 Å². The van der Waals surface area contributed by atoms with Crippen molar-refractivity contribution in [2.75, 3.05) is 7.11 Å². The van der Waals surface area contributed by atoms with Gasteiger partial charge in [0, 0.05) is 11.6 Å². The summed E-state index contributed by atoms with van der Waals surface area (Å²) in [5.74, 6) is -2.42. The van der Waals surface area contributed by atoms with E-state index in [1.165, 1.54) is 0 Å². The standard InChI is InChI=1S/C9H6F7NO2/c1-18-7-6(8(11,12)13)4(3-10)2-5(17-7)19-9(14,15)16/h2H,3H2,1H3. The minimum Gasteiger partial charge on any atom is -0.480 e. The zero-order valence-corrected chi connectivity index (χ0v) is 9.19. The summed E-state index contributed by atoms with van der Waals surface area (Å²) in [7, 11) is 0.761. The fraction of sp³-hybridized carbons (Fsp3) is 0.444. The van der Waals surface area contributed by atoms with Gasteiger partial charge in [0.25, 0.3) is 0 Å². The average molecular weight is 293 g/mol. The predicted molar refractivity (Wildman–Crippen MR) is 47.3 cm³/mol. The summed E-state index contributed by atoms with van der Waals surface area (Å²) in [4.78, 5) is 2.90. The van der Waals surface area contributed by atoms with Gasteiger partial charge in [-0.25, -0.2) is 4.39 Å². The maximum Gasteiger partial charge on any atom is 0.574 e. The van der Waals surface area contributed by atoms with Crippen LogP contribution in [0.2, 0.25) is 0 Å². The molecule has 1 aromatic rings. The third-order valence-electron chi connectivity index (χ3n) is 1.89. The summed E-state index contributed by atoms with van der Waals surface area (Å²) in [6, 6.07) is 0.221. The quantitative estimate of drug-likeness (QED) is 0.800. The average Bonchev–Trinajstić information content (AvgIpc) is 2.23. The lowest BCUT2D eigenvalue weighted by Crippen LogP contribution is -2.19. The molecule has 1 aromatic heterocycles. The first-order valence-corrected chi connectivity index (χ1v) is 4.55. The molecule has 0 saturated carbocycles. The molecule has 19 heavy (non-hydrogen) atoms. The number of pyridine rings is 1. The fourth-order valence-corrected chi connectivity index (χ4v) is 1.27. The van der Waals surface area contributed by atoms with Crippen LogP contribution in [0, 0.1) is 0 Å². The van der Waals surface area contributed by atoms with Crippen LogP contribution in [0.25, 0.3) is 0 Å². The molecule has 1 rings (SSSR count). The SMILES string of the molecule is COc1nc(OC(F)(F)F)cc(CF)c1C(F)(F)F. The van der Waals surface area contributed by atoms with Crippen LogP contribution in [0.3, 0.4) is 0 Å². The molecule has 0 unspecified atom stereocenters. The Morgan fingerprint density at radius 1 is 1.16 bits per heavy atom. The Balaban J connectivity index is 3.37. The molecule has 0 saturated heterocycles. The zero-order valence-electron chi connectivity index (χ0n) is 9.19. The highest BCUT2D eigenvalue weighted by Gasteiger charge is 2.40. The fourth-order valence-electron chi connectivity index (χ4n) is 1.27. The molecule has 0 aliphatic heterocycles. The molecule has 0 N–H and O–H groups in total. The number of nitrogens with zero attached hydrogens (tertiary/aromatic N) is 1. The van der Waals surface area contributed by atoms with Crippen molar-refractivity contribution in [3.63, 3.8) is 0 Å². The molecule has 0 atom stereocenters. The number of halogens is 7. The van der Waals surface area contributed by atoms with E-state index in [0.717, 1.165) is 7.11 Å². The van der Waals surface area contributed by atoms with E-state index in [2.05, 4.69) is 14.5 Å². The Labute approximate surface area is 101 Å². The number of hydrogen-bond donors (Lipinski definition) is 0. The molecule has 0 spiro atoms. The molecule has 0 aromatic carbocycles. The molecule has 3 nitrogen and oxygen atoms in total. The van der Waals surface area contributed by atoms with Crippen molar-refractivity contribution in [3.05, 3.63) is 17.2 Å². The van der Waals surface area contributed by atoms with Crippen molar-refractivity contribution < 1.29 is 40.2 Å². The molecule has 0 aliphatic rings. The van der Waals surface area contributed by atoms with Gasteiger partial charge in [-0.2, -0.15) is 18.2 Å². The van der Waals surface area contributed by atoms with Crippen molar-refractivity contribution in [1.82, 2.24) is 4.98 Å². The number of alkyl halides is 7. The van der Waals surface area contributed by atoms with E-state index >= 15 is 0 Å². The van der Waals surface area contributed by atoms with Crippen molar-refractivity contribution in [1.29, 1.82) is 0 Å². The summed E-state index contributed by atoms with van der Waals surface area (Å²) >= 11 is 0. The van der Waals surface area contributed by atoms with Crippen LogP contribution in [0.15, 0.2) is 6.07 Å². The van der Waals surface area contributed by atoms with E-state index in [1.807, 2.05) is 0 Å². The van der Waals surface area contributed by atoms with Crippen LogP contribution in [-0.2, 0) is 12.9 Å². The maximum absolute atomic E-state index is 12.6. The lowest BCUT2D eigenvalue weighted by Gasteiger charge is -2.16. The summed E-state index contributed by atoms with van der Waals surface area (Å²) < 4.78 is 93.7. The Morgan fingerprint density at radius 3 is 2.11 bits per heavy atom. The second-order valence-electron chi connectivity index (χ2n) is 3.18. The van der Waals surface area contributed by atoms with E-state index in [1.54, 1.807) is 0 Å². The molecule has 1 heterocycles. The molecule has 10 heteroatoms. The van der Waals surface area contributed by atoms with E-state index in [4.69, 9.17) is 0 Å². The molecule has 0 radical (unpaired) electrons. The summed E-state index contributed by atoms with van der Waals surface area (Å²) in [5.41, 5.74) is -2.63. The third-order valence-corrected chi connectivity index (χ3v) is 1.89. The Kier molecular flexibility index (Phi) is 4.11. The lowest BCUT2D eigenvalue weighted by atomic mass is 10.1. The molecular formula is C9H6F7NO2. The van der Waals surface area contributed by atoms with Crippen molar-refractivity contribution in [2.24, 2.45) is 0 Å². The monoisotopic (exact) mass is 293 g/mol. The largest absolute Gasteiger partial charge is 0.574 e. The first kappa shape index (κ1) is 15.3. The highest BCUT2D eigenvalue weighted by Crippen LogP contribution is 2.40. The van der Waals surface area contributed by atoms with Crippen LogP contribution in [0.5, 0.6) is 11.8 Å². The maximum atomic E-state index is 12.6. The van der Waals surface area contributed by atoms with Gasteiger partial charge in [0.15, 0.2) is 0 Å². The molecule has 108 valence electrons. The first-order valence-electron chi connectivity index (χ1n) is 4.55. The van der Waals surface area contributed by atoms with Gasteiger partial charge in [-0.3, -0.25) is 0 Å². The van der Waals surface area contributed by atoms with E-state index in [9.17, 15) is 30.7 Å². The minimum atomic E-state index is -5.16. The highest BCUT2D eigenvalue weighted by atomic mass is 19.4. The van der Waals surface area contributed by atoms with Gasteiger partial charge in [0.05, 0.1) is 7.11 Å². The van der Waals surface area contributed by atoms with Gasteiger partial charge in [-0.1, -0.05) is 0 Å². The molecular weight excluding hydrogens is 287 g/mol. The zero-order chi connectivity index (χ0) is 14.8. The number of methoxy groups -OCH3 is 1. The topological polar surface area (TPSA) is 31.4 Å². The van der Waals surface area contributed by atoms with Gasteiger partial charge in [0.2, 0.25) is 11.8 Å². The van der Waals surface area contributed by atoms with Crippen LogP contribution in [-0.4, -0.2) is 18.5 Å². The summed E-state index contributed by atoms with van der Waals surface area (Å²) in [6.45, 7) is -1.65. The second-order valence-corrected chi connectivity index (χ2v) is 3.18. The molecule has 0 bridgehead atoms. The van der Waals surface area contributed by atoms with Gasteiger partial charge >= 0.3 is 12.5 Å². The second kappa shape index (κ2) is 5.10. The number of hydrogen-bond acceptors (Lipinski definition) is 3. The van der Waals surface area contributed by atoms with Gasteiger partial charge in [-0.05, 0) is 0 Å². The Hall–Kier alpha value is -1.74. The summed E-state index contributed by atoms with van der Waals surface area (Å²) in [6.07, 6.45) is -10.2. The molecule has 0 amide bonds. The van der Waals surface area contributed by atoms with E-state index in [0.29, 0.717) is 0 Å².